The quantitative estimate of drug-likeness (QED) is 0.835. The topological polar surface area (TPSA) is 28.2 Å². The van der Waals surface area contributed by atoms with Gasteiger partial charge in [0.1, 0.15) is 0 Å². The zero-order valence-electron chi connectivity index (χ0n) is 10.2. The fraction of sp³-hybridized carbons (Fsp3) is 0.615. The molecular weight excluding hydrogens is 198 g/mol. The standard InChI is InChI=1S/C13H21N3/c1-11(13-5-3-4-7-14-13)15-9-12-6-8-16(2)10-12/h3-5,7,11-12,15H,6,8-10H2,1-2H3. The first kappa shape index (κ1) is 11.6. The van der Waals surface area contributed by atoms with Gasteiger partial charge in [-0.2, -0.15) is 0 Å². The summed E-state index contributed by atoms with van der Waals surface area (Å²) in [6, 6.07) is 6.44. The molecule has 0 radical (unpaired) electrons. The molecule has 2 rings (SSSR count). The second-order valence-corrected chi connectivity index (χ2v) is 4.80. The zero-order chi connectivity index (χ0) is 11.4. The first-order chi connectivity index (χ1) is 7.75. The van der Waals surface area contributed by atoms with Crippen molar-refractivity contribution in [2.24, 2.45) is 5.92 Å². The van der Waals surface area contributed by atoms with Crippen molar-refractivity contribution in [1.29, 1.82) is 0 Å². The number of pyridine rings is 1. The average molecular weight is 219 g/mol. The third-order valence-corrected chi connectivity index (χ3v) is 3.33. The van der Waals surface area contributed by atoms with Gasteiger partial charge in [-0.15, -0.1) is 0 Å². The summed E-state index contributed by atoms with van der Waals surface area (Å²) >= 11 is 0. The van der Waals surface area contributed by atoms with Crippen molar-refractivity contribution in [3.8, 4) is 0 Å². The number of aromatic nitrogens is 1. The lowest BCUT2D eigenvalue weighted by molar-refractivity contribution is 0.381. The van der Waals surface area contributed by atoms with Crippen LogP contribution < -0.4 is 5.32 Å². The maximum Gasteiger partial charge on any atom is 0.0570 e. The highest BCUT2D eigenvalue weighted by molar-refractivity contribution is 5.07. The molecule has 0 spiro atoms. The fourth-order valence-electron chi connectivity index (χ4n) is 2.27. The summed E-state index contributed by atoms with van der Waals surface area (Å²) in [6.07, 6.45) is 3.18. The zero-order valence-corrected chi connectivity index (χ0v) is 10.2. The van der Waals surface area contributed by atoms with Crippen LogP contribution in [0.25, 0.3) is 0 Å². The Morgan fingerprint density at radius 2 is 2.44 bits per heavy atom. The summed E-state index contributed by atoms with van der Waals surface area (Å²) in [5.74, 6) is 0.802. The number of likely N-dealkylation sites (tertiary alicyclic amines) is 1. The van der Waals surface area contributed by atoms with Crippen LogP contribution in [0.2, 0.25) is 0 Å². The van der Waals surface area contributed by atoms with Gasteiger partial charge in [0, 0.05) is 18.8 Å². The molecule has 2 atom stereocenters. The number of rotatable bonds is 4. The lowest BCUT2D eigenvalue weighted by Crippen LogP contribution is -2.27. The SMILES string of the molecule is CC(NCC1CCN(C)C1)c1ccccn1. The van der Waals surface area contributed by atoms with E-state index in [4.69, 9.17) is 0 Å². The van der Waals surface area contributed by atoms with Gasteiger partial charge in [0.15, 0.2) is 0 Å². The van der Waals surface area contributed by atoms with Crippen molar-refractivity contribution < 1.29 is 0 Å². The van der Waals surface area contributed by atoms with Crippen LogP contribution in [0, 0.1) is 5.92 Å². The summed E-state index contributed by atoms with van der Waals surface area (Å²) in [6.45, 7) is 5.75. The predicted molar refractivity (Wildman–Crippen MR) is 66.3 cm³/mol. The maximum atomic E-state index is 4.37. The van der Waals surface area contributed by atoms with Gasteiger partial charge in [-0.1, -0.05) is 6.07 Å². The molecule has 2 heterocycles. The maximum absolute atomic E-state index is 4.37. The molecule has 1 fully saturated rings. The van der Waals surface area contributed by atoms with Crippen LogP contribution in [0.3, 0.4) is 0 Å². The molecule has 0 bridgehead atoms. The summed E-state index contributed by atoms with van der Waals surface area (Å²) in [7, 11) is 2.20. The van der Waals surface area contributed by atoms with Crippen LogP contribution in [0.5, 0.6) is 0 Å². The van der Waals surface area contributed by atoms with Crippen LogP contribution in [0.15, 0.2) is 24.4 Å². The van der Waals surface area contributed by atoms with Gasteiger partial charge in [-0.25, -0.2) is 0 Å². The van der Waals surface area contributed by atoms with E-state index in [1.165, 1.54) is 19.5 Å². The Morgan fingerprint density at radius 3 is 3.06 bits per heavy atom. The Morgan fingerprint density at radius 1 is 1.56 bits per heavy atom. The van der Waals surface area contributed by atoms with Crippen LogP contribution in [-0.4, -0.2) is 36.6 Å². The Kier molecular flexibility index (Phi) is 3.91. The van der Waals surface area contributed by atoms with Crippen LogP contribution in [0.1, 0.15) is 25.1 Å². The second-order valence-electron chi connectivity index (χ2n) is 4.80. The molecule has 16 heavy (non-hydrogen) atoms. The fourth-order valence-corrected chi connectivity index (χ4v) is 2.27. The van der Waals surface area contributed by atoms with Gasteiger partial charge in [0.05, 0.1) is 5.69 Å². The summed E-state index contributed by atoms with van der Waals surface area (Å²) in [5, 5.41) is 3.57. The highest BCUT2D eigenvalue weighted by atomic mass is 15.1. The minimum absolute atomic E-state index is 0.354. The summed E-state index contributed by atoms with van der Waals surface area (Å²) in [4.78, 5) is 6.77. The van der Waals surface area contributed by atoms with Crippen molar-refractivity contribution in [3.63, 3.8) is 0 Å². The van der Waals surface area contributed by atoms with E-state index in [9.17, 15) is 0 Å². The van der Waals surface area contributed by atoms with E-state index in [0.29, 0.717) is 6.04 Å². The molecular formula is C13H21N3. The molecule has 0 aliphatic carbocycles. The molecule has 1 N–H and O–H groups in total. The lowest BCUT2D eigenvalue weighted by Gasteiger charge is -2.16. The summed E-state index contributed by atoms with van der Waals surface area (Å²) in [5.41, 5.74) is 1.13. The van der Waals surface area contributed by atoms with E-state index in [-0.39, 0.29) is 0 Å². The lowest BCUT2D eigenvalue weighted by atomic mass is 10.1. The van der Waals surface area contributed by atoms with Gasteiger partial charge in [-0.3, -0.25) is 4.98 Å². The smallest absolute Gasteiger partial charge is 0.0570 e. The molecule has 0 amide bonds. The molecule has 1 aromatic rings. The highest BCUT2D eigenvalue weighted by Crippen LogP contribution is 2.15. The minimum Gasteiger partial charge on any atom is -0.309 e. The van der Waals surface area contributed by atoms with Crippen molar-refractivity contribution in [2.45, 2.75) is 19.4 Å². The minimum atomic E-state index is 0.354. The first-order valence-corrected chi connectivity index (χ1v) is 6.08. The third kappa shape index (κ3) is 3.03. The monoisotopic (exact) mass is 219 g/mol. The van der Waals surface area contributed by atoms with E-state index in [2.05, 4.69) is 35.2 Å². The molecule has 0 saturated carbocycles. The second kappa shape index (κ2) is 5.41. The molecule has 1 aliphatic heterocycles. The van der Waals surface area contributed by atoms with E-state index in [1.54, 1.807) is 0 Å². The Hall–Kier alpha value is -0.930. The average Bonchev–Trinajstić information content (AvgIpc) is 2.73. The number of hydrogen-bond donors (Lipinski definition) is 1. The Bertz CT molecular complexity index is 312. The van der Waals surface area contributed by atoms with Gasteiger partial charge in [-0.05, 0) is 51.5 Å². The molecule has 0 aromatic carbocycles. The van der Waals surface area contributed by atoms with Gasteiger partial charge in [0.25, 0.3) is 0 Å². The number of nitrogens with one attached hydrogen (secondary N) is 1. The van der Waals surface area contributed by atoms with E-state index in [0.717, 1.165) is 18.2 Å². The van der Waals surface area contributed by atoms with Crippen molar-refractivity contribution in [2.75, 3.05) is 26.7 Å². The van der Waals surface area contributed by atoms with Crippen molar-refractivity contribution >= 4 is 0 Å². The first-order valence-electron chi connectivity index (χ1n) is 6.08. The molecule has 88 valence electrons. The summed E-state index contributed by atoms with van der Waals surface area (Å²) < 4.78 is 0. The van der Waals surface area contributed by atoms with E-state index >= 15 is 0 Å². The Balaban J connectivity index is 1.78. The van der Waals surface area contributed by atoms with Crippen LogP contribution >= 0.6 is 0 Å². The van der Waals surface area contributed by atoms with Gasteiger partial charge in [0.2, 0.25) is 0 Å². The van der Waals surface area contributed by atoms with Crippen LogP contribution in [0.4, 0.5) is 0 Å². The van der Waals surface area contributed by atoms with Gasteiger partial charge < -0.3 is 10.2 Å². The van der Waals surface area contributed by atoms with Gasteiger partial charge >= 0.3 is 0 Å². The van der Waals surface area contributed by atoms with Crippen LogP contribution in [-0.2, 0) is 0 Å². The van der Waals surface area contributed by atoms with E-state index < -0.39 is 0 Å². The molecule has 3 heteroatoms. The molecule has 1 saturated heterocycles. The third-order valence-electron chi connectivity index (χ3n) is 3.33. The predicted octanol–water partition coefficient (Wildman–Crippen LogP) is 1.68. The van der Waals surface area contributed by atoms with E-state index in [1.807, 2.05) is 18.3 Å². The van der Waals surface area contributed by atoms with Crippen molar-refractivity contribution in [1.82, 2.24) is 15.2 Å². The molecule has 2 unspecified atom stereocenters. The largest absolute Gasteiger partial charge is 0.309 e. The van der Waals surface area contributed by atoms with Crippen molar-refractivity contribution in [3.05, 3.63) is 30.1 Å². The molecule has 1 aliphatic rings. The molecule has 3 nitrogen and oxygen atoms in total. The Labute approximate surface area is 97.9 Å². The molecule has 1 aromatic heterocycles. The highest BCUT2D eigenvalue weighted by Gasteiger charge is 2.19. The number of nitrogens with zero attached hydrogens (tertiary/aromatic N) is 2. The normalized spacial score (nSPS) is 23.5. The number of hydrogen-bond acceptors (Lipinski definition) is 3.